The first kappa shape index (κ1) is 18.2. The van der Waals surface area contributed by atoms with Gasteiger partial charge < -0.3 is 10.1 Å². The molecule has 2 aromatic rings. The van der Waals surface area contributed by atoms with E-state index < -0.39 is 0 Å². The van der Waals surface area contributed by atoms with Crippen molar-refractivity contribution >= 4 is 5.91 Å². The van der Waals surface area contributed by atoms with Crippen LogP contribution >= 0.6 is 0 Å². The van der Waals surface area contributed by atoms with Crippen molar-refractivity contribution in [1.82, 2.24) is 15.1 Å². The van der Waals surface area contributed by atoms with Crippen molar-refractivity contribution < 1.29 is 9.53 Å². The topological polar surface area (TPSA) is 56.1 Å². The molecule has 0 unspecified atom stereocenters. The van der Waals surface area contributed by atoms with Crippen LogP contribution in [0.5, 0.6) is 5.75 Å². The lowest BCUT2D eigenvalue weighted by atomic mass is 10.1. The van der Waals surface area contributed by atoms with Gasteiger partial charge in [-0.1, -0.05) is 25.5 Å². The number of hydrogen-bond acceptors (Lipinski definition) is 3. The number of nitrogens with one attached hydrogen (secondary N) is 1. The van der Waals surface area contributed by atoms with Crippen molar-refractivity contribution in [1.29, 1.82) is 0 Å². The molecule has 5 heteroatoms. The predicted octanol–water partition coefficient (Wildman–Crippen LogP) is 3.74. The van der Waals surface area contributed by atoms with Gasteiger partial charge >= 0.3 is 0 Å². The fourth-order valence-electron chi connectivity index (χ4n) is 3.47. The van der Waals surface area contributed by atoms with Crippen LogP contribution in [-0.4, -0.2) is 22.8 Å². The van der Waals surface area contributed by atoms with Crippen LogP contribution in [0.1, 0.15) is 33.4 Å². The van der Waals surface area contributed by atoms with Gasteiger partial charge in [-0.25, -0.2) is 4.68 Å². The van der Waals surface area contributed by atoms with Crippen LogP contribution in [0.4, 0.5) is 0 Å². The standard InChI is InChI=1S/C21H27N3O2/c1-14(2)12-18-19(21(18,3)4)20(25)22-13-15-10-11-24(23-15)16-6-8-17(26-5)9-7-16/h6-12,18-19H,13H2,1-5H3,(H,22,25)/t18-,19-/m1/s1. The van der Waals surface area contributed by atoms with Gasteiger partial charge in [0, 0.05) is 6.20 Å². The molecule has 1 aliphatic carbocycles. The number of carbonyl (C=O) groups excluding carboxylic acids is 1. The Morgan fingerprint density at radius 1 is 1.27 bits per heavy atom. The maximum atomic E-state index is 12.5. The van der Waals surface area contributed by atoms with Gasteiger partial charge in [0.2, 0.25) is 5.91 Å². The summed E-state index contributed by atoms with van der Waals surface area (Å²) in [6.45, 7) is 8.90. The fourth-order valence-corrected chi connectivity index (χ4v) is 3.47. The Morgan fingerprint density at radius 2 is 1.96 bits per heavy atom. The van der Waals surface area contributed by atoms with Crippen molar-refractivity contribution in [3.63, 3.8) is 0 Å². The van der Waals surface area contributed by atoms with E-state index in [-0.39, 0.29) is 17.2 Å². The van der Waals surface area contributed by atoms with E-state index in [1.165, 1.54) is 5.57 Å². The summed E-state index contributed by atoms with van der Waals surface area (Å²) >= 11 is 0. The molecule has 0 radical (unpaired) electrons. The van der Waals surface area contributed by atoms with Gasteiger partial charge in [-0.05, 0) is 55.5 Å². The summed E-state index contributed by atoms with van der Waals surface area (Å²) in [6, 6.07) is 9.63. The number of hydrogen-bond donors (Lipinski definition) is 1. The van der Waals surface area contributed by atoms with E-state index in [1.807, 2.05) is 36.5 Å². The third kappa shape index (κ3) is 3.66. The molecule has 1 saturated carbocycles. The van der Waals surface area contributed by atoms with Gasteiger partial charge in [-0.15, -0.1) is 0 Å². The molecular formula is C21H27N3O2. The molecule has 0 spiro atoms. The molecule has 1 aromatic carbocycles. The fraction of sp³-hybridized carbons (Fsp3) is 0.429. The summed E-state index contributed by atoms with van der Waals surface area (Å²) in [5.41, 5.74) is 3.09. The van der Waals surface area contributed by atoms with E-state index in [0.29, 0.717) is 12.5 Å². The quantitative estimate of drug-likeness (QED) is 0.805. The largest absolute Gasteiger partial charge is 0.497 e. The zero-order valence-corrected chi connectivity index (χ0v) is 16.1. The zero-order chi connectivity index (χ0) is 18.9. The molecular weight excluding hydrogens is 326 g/mol. The molecule has 1 amide bonds. The minimum absolute atomic E-state index is 0.0316. The Hall–Kier alpha value is -2.56. The SMILES string of the molecule is COc1ccc(-n2ccc(CNC(=O)[C@H]3[C@@H](C=C(C)C)C3(C)C)n2)cc1. The summed E-state index contributed by atoms with van der Waals surface area (Å²) < 4.78 is 6.97. The van der Waals surface area contributed by atoms with Crippen LogP contribution in [0.15, 0.2) is 48.2 Å². The third-order valence-electron chi connectivity index (χ3n) is 5.13. The molecule has 1 heterocycles. The first-order valence-corrected chi connectivity index (χ1v) is 8.94. The number of aromatic nitrogens is 2. The van der Waals surface area contributed by atoms with Crippen molar-refractivity contribution in [2.45, 2.75) is 34.2 Å². The Morgan fingerprint density at radius 3 is 2.58 bits per heavy atom. The van der Waals surface area contributed by atoms with Crippen molar-refractivity contribution in [3.8, 4) is 11.4 Å². The highest BCUT2D eigenvalue weighted by molar-refractivity contribution is 5.83. The van der Waals surface area contributed by atoms with Crippen LogP contribution < -0.4 is 10.1 Å². The number of nitrogens with zero attached hydrogens (tertiary/aromatic N) is 2. The number of benzene rings is 1. The number of amides is 1. The lowest BCUT2D eigenvalue weighted by Gasteiger charge is -2.05. The smallest absolute Gasteiger partial charge is 0.224 e. The molecule has 5 nitrogen and oxygen atoms in total. The van der Waals surface area contributed by atoms with Gasteiger partial charge in [-0.2, -0.15) is 5.10 Å². The maximum absolute atomic E-state index is 12.5. The summed E-state index contributed by atoms with van der Waals surface area (Å²) in [6.07, 6.45) is 4.11. The number of carbonyl (C=O) groups is 1. The molecule has 0 aliphatic heterocycles. The second kappa shape index (κ2) is 6.98. The summed E-state index contributed by atoms with van der Waals surface area (Å²) in [5, 5.41) is 7.58. The molecule has 138 valence electrons. The number of ether oxygens (including phenoxy) is 1. The van der Waals surface area contributed by atoms with Gasteiger partial charge in [-0.3, -0.25) is 4.79 Å². The normalized spacial score (nSPS) is 20.3. The molecule has 0 bridgehead atoms. The Balaban J connectivity index is 1.60. The molecule has 1 fully saturated rings. The lowest BCUT2D eigenvalue weighted by Crippen LogP contribution is -2.26. The van der Waals surface area contributed by atoms with E-state index >= 15 is 0 Å². The van der Waals surface area contributed by atoms with Crippen LogP contribution in [0, 0.1) is 17.3 Å². The first-order valence-electron chi connectivity index (χ1n) is 8.94. The van der Waals surface area contributed by atoms with Crippen molar-refractivity contribution in [2.24, 2.45) is 17.3 Å². The van der Waals surface area contributed by atoms with Crippen molar-refractivity contribution in [3.05, 3.63) is 53.9 Å². The second-order valence-electron chi connectivity index (χ2n) is 7.74. The average Bonchev–Trinajstić information content (AvgIpc) is 2.97. The number of methoxy groups -OCH3 is 1. The Labute approximate surface area is 155 Å². The van der Waals surface area contributed by atoms with Gasteiger partial charge in [0.1, 0.15) is 5.75 Å². The lowest BCUT2D eigenvalue weighted by molar-refractivity contribution is -0.123. The second-order valence-corrected chi connectivity index (χ2v) is 7.74. The van der Waals surface area contributed by atoms with Gasteiger partial charge in [0.15, 0.2) is 0 Å². The number of rotatable bonds is 6. The van der Waals surface area contributed by atoms with Crippen molar-refractivity contribution in [2.75, 3.05) is 7.11 Å². The van der Waals surface area contributed by atoms with Gasteiger partial charge in [0.25, 0.3) is 0 Å². The molecule has 1 aliphatic rings. The molecule has 3 rings (SSSR count). The molecule has 0 saturated heterocycles. The van der Waals surface area contributed by atoms with Crippen LogP contribution in [-0.2, 0) is 11.3 Å². The van der Waals surface area contributed by atoms with E-state index in [2.05, 4.69) is 44.2 Å². The minimum atomic E-state index is 0.0316. The highest BCUT2D eigenvalue weighted by Crippen LogP contribution is 2.59. The van der Waals surface area contributed by atoms with Crippen LogP contribution in [0.25, 0.3) is 5.69 Å². The Bertz CT molecular complexity index is 814. The van der Waals surface area contributed by atoms with E-state index in [0.717, 1.165) is 17.1 Å². The van der Waals surface area contributed by atoms with E-state index in [9.17, 15) is 4.79 Å². The maximum Gasteiger partial charge on any atom is 0.224 e. The Kier molecular flexibility index (Phi) is 4.90. The van der Waals surface area contributed by atoms with Crippen LogP contribution in [0.2, 0.25) is 0 Å². The molecule has 26 heavy (non-hydrogen) atoms. The first-order chi connectivity index (χ1) is 12.3. The monoisotopic (exact) mass is 353 g/mol. The number of allylic oxidation sites excluding steroid dienone is 2. The molecule has 1 N–H and O–H groups in total. The summed E-state index contributed by atoms with van der Waals surface area (Å²) in [4.78, 5) is 12.5. The van der Waals surface area contributed by atoms with E-state index in [1.54, 1.807) is 11.8 Å². The molecule has 2 atom stereocenters. The average molecular weight is 353 g/mol. The van der Waals surface area contributed by atoms with Crippen LogP contribution in [0.3, 0.4) is 0 Å². The zero-order valence-electron chi connectivity index (χ0n) is 16.1. The molecule has 1 aromatic heterocycles. The minimum Gasteiger partial charge on any atom is -0.497 e. The highest BCUT2D eigenvalue weighted by Gasteiger charge is 2.60. The summed E-state index contributed by atoms with van der Waals surface area (Å²) in [5.74, 6) is 1.29. The summed E-state index contributed by atoms with van der Waals surface area (Å²) in [7, 11) is 1.65. The van der Waals surface area contributed by atoms with E-state index in [4.69, 9.17) is 4.74 Å². The third-order valence-corrected chi connectivity index (χ3v) is 5.13. The highest BCUT2D eigenvalue weighted by atomic mass is 16.5. The van der Waals surface area contributed by atoms with Gasteiger partial charge in [0.05, 0.1) is 31.0 Å². The predicted molar refractivity (Wildman–Crippen MR) is 102 cm³/mol.